The summed E-state index contributed by atoms with van der Waals surface area (Å²) >= 11 is 0. The Bertz CT molecular complexity index is 481. The summed E-state index contributed by atoms with van der Waals surface area (Å²) in [6, 6.07) is 8.19. The third-order valence-electron chi connectivity index (χ3n) is 4.01. The largest absolute Gasteiger partial charge is 0.389 e. The van der Waals surface area contributed by atoms with Crippen LogP contribution in [0.5, 0.6) is 0 Å². The van der Waals surface area contributed by atoms with Crippen LogP contribution in [0.2, 0.25) is 0 Å². The number of ether oxygens (including phenoxy) is 2. The van der Waals surface area contributed by atoms with Gasteiger partial charge in [-0.25, -0.2) is 0 Å². The fourth-order valence-corrected chi connectivity index (χ4v) is 3.14. The first-order valence-corrected chi connectivity index (χ1v) is 8.39. The van der Waals surface area contributed by atoms with Crippen LogP contribution in [-0.4, -0.2) is 54.6 Å². The molecule has 1 saturated heterocycles. The highest BCUT2D eigenvalue weighted by Crippen LogP contribution is 2.13. The number of aliphatic hydroxyl groups excluding tert-OH is 1. The molecule has 4 heteroatoms. The van der Waals surface area contributed by atoms with Crippen molar-refractivity contribution in [2.24, 2.45) is 0 Å². The van der Waals surface area contributed by atoms with E-state index in [1.807, 2.05) is 18.2 Å². The smallest absolute Gasteiger partial charge is 0.0900 e. The SMILES string of the molecule is C=CCc1ccccc1COC[C@H](O)CN1C[C@H](C)O[C@@H](C)C1. The van der Waals surface area contributed by atoms with Crippen LogP contribution in [0.4, 0.5) is 0 Å². The summed E-state index contributed by atoms with van der Waals surface area (Å²) in [7, 11) is 0. The summed E-state index contributed by atoms with van der Waals surface area (Å²) < 4.78 is 11.4. The first-order valence-electron chi connectivity index (χ1n) is 8.39. The molecule has 1 aromatic carbocycles. The Morgan fingerprint density at radius 2 is 1.96 bits per heavy atom. The zero-order chi connectivity index (χ0) is 16.7. The molecule has 1 fully saturated rings. The third kappa shape index (κ3) is 6.07. The lowest BCUT2D eigenvalue weighted by Crippen LogP contribution is -2.48. The van der Waals surface area contributed by atoms with E-state index in [9.17, 15) is 5.11 Å². The minimum atomic E-state index is -0.473. The number of nitrogens with zero attached hydrogens (tertiary/aromatic N) is 1. The fraction of sp³-hybridized carbons (Fsp3) is 0.579. The van der Waals surface area contributed by atoms with Gasteiger partial charge in [0.2, 0.25) is 0 Å². The van der Waals surface area contributed by atoms with Gasteiger partial charge in [-0.15, -0.1) is 6.58 Å². The molecule has 23 heavy (non-hydrogen) atoms. The predicted molar refractivity (Wildman–Crippen MR) is 92.5 cm³/mol. The van der Waals surface area contributed by atoms with Crippen molar-refractivity contribution in [3.05, 3.63) is 48.0 Å². The van der Waals surface area contributed by atoms with Crippen LogP contribution in [0.1, 0.15) is 25.0 Å². The average Bonchev–Trinajstić information content (AvgIpc) is 2.48. The van der Waals surface area contributed by atoms with Gasteiger partial charge in [0.1, 0.15) is 0 Å². The lowest BCUT2D eigenvalue weighted by molar-refractivity contribution is -0.0826. The van der Waals surface area contributed by atoms with Crippen LogP contribution in [-0.2, 0) is 22.5 Å². The van der Waals surface area contributed by atoms with Gasteiger partial charge in [0.25, 0.3) is 0 Å². The standard InChI is InChI=1S/C19H29NO3/c1-4-7-17-8-5-6-9-18(17)13-22-14-19(21)12-20-10-15(2)23-16(3)11-20/h4-6,8-9,15-16,19,21H,1,7,10-14H2,2-3H3/t15-,16-,19+/m0/s1. The third-order valence-corrected chi connectivity index (χ3v) is 4.01. The highest BCUT2D eigenvalue weighted by Gasteiger charge is 2.23. The summed E-state index contributed by atoms with van der Waals surface area (Å²) in [5.41, 5.74) is 2.39. The second kappa shape index (κ2) is 9.18. The van der Waals surface area contributed by atoms with Gasteiger partial charge in [0.05, 0.1) is 31.5 Å². The second-order valence-electron chi connectivity index (χ2n) is 6.41. The van der Waals surface area contributed by atoms with E-state index in [1.54, 1.807) is 0 Å². The Morgan fingerprint density at radius 1 is 1.30 bits per heavy atom. The van der Waals surface area contributed by atoms with Crippen molar-refractivity contribution in [1.82, 2.24) is 4.90 Å². The van der Waals surface area contributed by atoms with E-state index in [1.165, 1.54) is 5.56 Å². The second-order valence-corrected chi connectivity index (χ2v) is 6.41. The molecule has 0 amide bonds. The Hall–Kier alpha value is -1.20. The predicted octanol–water partition coefficient (Wildman–Crippen LogP) is 2.40. The molecule has 0 radical (unpaired) electrons. The van der Waals surface area contributed by atoms with Crippen LogP contribution >= 0.6 is 0 Å². The van der Waals surface area contributed by atoms with E-state index >= 15 is 0 Å². The number of β-amino-alcohol motifs (C(OH)–C–C–N with tert-alkyl or cyclic N) is 1. The van der Waals surface area contributed by atoms with Crippen molar-refractivity contribution in [2.45, 2.75) is 45.2 Å². The minimum absolute atomic E-state index is 0.220. The lowest BCUT2D eigenvalue weighted by atomic mass is 10.1. The molecule has 4 nitrogen and oxygen atoms in total. The summed E-state index contributed by atoms with van der Waals surface area (Å²) in [5.74, 6) is 0. The first kappa shape index (κ1) is 18.1. The normalized spacial score (nSPS) is 23.6. The molecule has 1 aliphatic heterocycles. The van der Waals surface area contributed by atoms with E-state index in [0.29, 0.717) is 19.8 Å². The van der Waals surface area contributed by atoms with Crippen molar-refractivity contribution < 1.29 is 14.6 Å². The van der Waals surface area contributed by atoms with Crippen molar-refractivity contribution in [2.75, 3.05) is 26.2 Å². The lowest BCUT2D eigenvalue weighted by Gasteiger charge is -2.36. The van der Waals surface area contributed by atoms with Crippen LogP contribution in [0.3, 0.4) is 0 Å². The van der Waals surface area contributed by atoms with Gasteiger partial charge in [-0.1, -0.05) is 30.3 Å². The van der Waals surface area contributed by atoms with Gasteiger partial charge in [0, 0.05) is 19.6 Å². The minimum Gasteiger partial charge on any atom is -0.389 e. The Morgan fingerprint density at radius 3 is 2.61 bits per heavy atom. The topological polar surface area (TPSA) is 41.9 Å². The summed E-state index contributed by atoms with van der Waals surface area (Å²) in [4.78, 5) is 2.25. The molecular formula is C19H29NO3. The molecule has 0 saturated carbocycles. The van der Waals surface area contributed by atoms with Gasteiger partial charge >= 0.3 is 0 Å². The monoisotopic (exact) mass is 319 g/mol. The van der Waals surface area contributed by atoms with E-state index < -0.39 is 6.10 Å². The van der Waals surface area contributed by atoms with Gasteiger partial charge in [-0.05, 0) is 31.4 Å². The molecule has 0 unspecified atom stereocenters. The Balaban J connectivity index is 1.74. The van der Waals surface area contributed by atoms with Crippen molar-refractivity contribution in [3.8, 4) is 0 Å². The highest BCUT2D eigenvalue weighted by atomic mass is 16.5. The number of morpholine rings is 1. The van der Waals surface area contributed by atoms with E-state index in [0.717, 1.165) is 25.1 Å². The fourth-order valence-electron chi connectivity index (χ4n) is 3.14. The van der Waals surface area contributed by atoms with Gasteiger partial charge in [0.15, 0.2) is 0 Å². The maximum atomic E-state index is 10.2. The average molecular weight is 319 g/mol. The summed E-state index contributed by atoms with van der Waals surface area (Å²) in [5, 5.41) is 10.2. The van der Waals surface area contributed by atoms with E-state index in [-0.39, 0.29) is 12.2 Å². The van der Waals surface area contributed by atoms with E-state index in [2.05, 4.69) is 37.5 Å². The Kier molecular flexibility index (Phi) is 7.24. The molecule has 128 valence electrons. The molecule has 2 rings (SSSR count). The van der Waals surface area contributed by atoms with Gasteiger partial charge in [-0.3, -0.25) is 4.90 Å². The number of benzene rings is 1. The Labute approximate surface area is 139 Å². The molecule has 3 atom stereocenters. The molecule has 1 N–H and O–H groups in total. The number of aliphatic hydroxyl groups is 1. The van der Waals surface area contributed by atoms with Gasteiger partial charge in [-0.2, -0.15) is 0 Å². The summed E-state index contributed by atoms with van der Waals surface area (Å²) in [6.07, 6.45) is 2.70. The zero-order valence-corrected chi connectivity index (χ0v) is 14.3. The number of hydrogen-bond donors (Lipinski definition) is 1. The molecule has 0 bridgehead atoms. The van der Waals surface area contributed by atoms with Gasteiger partial charge < -0.3 is 14.6 Å². The molecular weight excluding hydrogens is 290 g/mol. The van der Waals surface area contributed by atoms with Crippen molar-refractivity contribution in [3.63, 3.8) is 0 Å². The van der Waals surface area contributed by atoms with Crippen molar-refractivity contribution >= 4 is 0 Å². The molecule has 0 aromatic heterocycles. The maximum absolute atomic E-state index is 10.2. The van der Waals surface area contributed by atoms with Crippen LogP contribution < -0.4 is 0 Å². The molecule has 0 spiro atoms. The molecule has 0 aliphatic carbocycles. The van der Waals surface area contributed by atoms with Crippen molar-refractivity contribution in [1.29, 1.82) is 0 Å². The number of hydrogen-bond acceptors (Lipinski definition) is 4. The maximum Gasteiger partial charge on any atom is 0.0900 e. The molecule has 1 heterocycles. The van der Waals surface area contributed by atoms with E-state index in [4.69, 9.17) is 9.47 Å². The zero-order valence-electron chi connectivity index (χ0n) is 14.3. The van der Waals surface area contributed by atoms with Crippen LogP contribution in [0.25, 0.3) is 0 Å². The number of rotatable bonds is 8. The highest BCUT2D eigenvalue weighted by molar-refractivity contribution is 5.28. The molecule has 1 aliphatic rings. The summed E-state index contributed by atoms with van der Waals surface area (Å²) in [6.45, 7) is 11.2. The molecule has 1 aromatic rings. The number of allylic oxidation sites excluding steroid dienone is 1. The van der Waals surface area contributed by atoms with Crippen LogP contribution in [0.15, 0.2) is 36.9 Å². The van der Waals surface area contributed by atoms with Crippen LogP contribution in [0, 0.1) is 0 Å². The first-order chi connectivity index (χ1) is 11.1. The quantitative estimate of drug-likeness (QED) is 0.747.